The normalized spacial score (nSPS) is 13.8. The van der Waals surface area contributed by atoms with Crippen LogP contribution in [0.2, 0.25) is 0 Å². The first-order chi connectivity index (χ1) is 13.7. The molecule has 4 aromatic rings. The van der Waals surface area contributed by atoms with Gasteiger partial charge < -0.3 is 9.72 Å². The molecule has 0 aliphatic heterocycles. The molecule has 2 aromatic heterocycles. The molecule has 6 nitrogen and oxygen atoms in total. The third-order valence-electron chi connectivity index (χ3n) is 5.07. The summed E-state index contributed by atoms with van der Waals surface area (Å²) < 4.78 is 7.36. The molecule has 1 saturated carbocycles. The fourth-order valence-corrected chi connectivity index (χ4v) is 3.55. The summed E-state index contributed by atoms with van der Waals surface area (Å²) in [6, 6.07) is 17.2. The summed E-state index contributed by atoms with van der Waals surface area (Å²) in [4.78, 5) is 20.1. The zero-order valence-electron chi connectivity index (χ0n) is 15.6. The number of hydrogen-bond donors (Lipinski definition) is 1. The van der Waals surface area contributed by atoms with Crippen molar-refractivity contribution in [3.8, 4) is 17.1 Å². The first kappa shape index (κ1) is 16.7. The molecule has 0 unspecified atom stereocenters. The average Bonchev–Trinajstić information content (AvgIpc) is 3.44. The van der Waals surface area contributed by atoms with Crippen LogP contribution in [-0.2, 0) is 6.61 Å². The van der Waals surface area contributed by atoms with Crippen molar-refractivity contribution in [3.63, 3.8) is 0 Å². The molecule has 6 heteroatoms. The van der Waals surface area contributed by atoms with Gasteiger partial charge in [-0.05, 0) is 37.3 Å². The minimum atomic E-state index is -0.228. The maximum atomic E-state index is 12.5. The van der Waals surface area contributed by atoms with E-state index in [0.717, 1.165) is 11.3 Å². The predicted molar refractivity (Wildman–Crippen MR) is 107 cm³/mol. The topological polar surface area (TPSA) is 72.3 Å². The lowest BCUT2D eigenvalue weighted by Crippen LogP contribution is -2.16. The van der Waals surface area contributed by atoms with Crippen molar-refractivity contribution in [2.75, 3.05) is 0 Å². The Kier molecular flexibility index (Phi) is 3.97. The van der Waals surface area contributed by atoms with Gasteiger partial charge in [-0.2, -0.15) is 9.50 Å². The van der Waals surface area contributed by atoms with E-state index in [1.807, 2.05) is 42.5 Å². The molecule has 0 atom stereocenters. The lowest BCUT2D eigenvalue weighted by Gasteiger charge is -2.13. The largest absolute Gasteiger partial charge is 0.487 e. The minimum absolute atomic E-state index is 0.228. The number of nitrogens with zero attached hydrogens (tertiary/aromatic N) is 3. The molecule has 2 aromatic carbocycles. The standard InChI is InChI=1S/C22H20N4O2/c1-14-6-5-9-18(20(14)15-10-11-15)28-13-17-12-19(27)26-22(23-17)24-21(25-26)16-7-3-2-4-8-16/h2-9,12,15H,10-11,13H2,1H3,(H,23,24,25). The lowest BCUT2D eigenvalue weighted by atomic mass is 10.0. The molecule has 0 bridgehead atoms. The summed E-state index contributed by atoms with van der Waals surface area (Å²) in [6.07, 6.45) is 2.43. The fraction of sp³-hybridized carbons (Fsp3) is 0.227. The second-order valence-electron chi connectivity index (χ2n) is 7.22. The van der Waals surface area contributed by atoms with Gasteiger partial charge in [-0.25, -0.2) is 0 Å². The van der Waals surface area contributed by atoms with Gasteiger partial charge in [0.25, 0.3) is 5.56 Å². The second-order valence-corrected chi connectivity index (χ2v) is 7.22. The van der Waals surface area contributed by atoms with Crippen LogP contribution in [0.15, 0.2) is 59.4 Å². The summed E-state index contributed by atoms with van der Waals surface area (Å²) in [7, 11) is 0. The van der Waals surface area contributed by atoms with Crippen LogP contribution in [0.4, 0.5) is 0 Å². The van der Waals surface area contributed by atoms with Crippen molar-refractivity contribution in [3.05, 3.63) is 81.8 Å². The van der Waals surface area contributed by atoms with E-state index in [9.17, 15) is 4.79 Å². The minimum Gasteiger partial charge on any atom is -0.487 e. The van der Waals surface area contributed by atoms with Gasteiger partial charge in [0.15, 0.2) is 5.82 Å². The number of fused-ring (bicyclic) bond motifs is 1. The van der Waals surface area contributed by atoms with Gasteiger partial charge in [-0.3, -0.25) is 4.79 Å². The van der Waals surface area contributed by atoms with Crippen LogP contribution in [0.5, 0.6) is 5.75 Å². The van der Waals surface area contributed by atoms with Gasteiger partial charge in [0.2, 0.25) is 5.78 Å². The van der Waals surface area contributed by atoms with Crippen molar-refractivity contribution in [1.29, 1.82) is 0 Å². The molecule has 0 amide bonds. The number of ether oxygens (including phenoxy) is 1. The quantitative estimate of drug-likeness (QED) is 0.578. The average molecular weight is 372 g/mol. The summed E-state index contributed by atoms with van der Waals surface area (Å²) >= 11 is 0. The molecule has 0 spiro atoms. The molecule has 140 valence electrons. The van der Waals surface area contributed by atoms with Gasteiger partial charge in [0, 0.05) is 17.2 Å². The van der Waals surface area contributed by atoms with E-state index in [4.69, 9.17) is 4.74 Å². The first-order valence-electron chi connectivity index (χ1n) is 9.46. The SMILES string of the molecule is Cc1cccc(OCc2cc(=O)n3nc(-c4ccccc4)nc3[nH]2)c1C1CC1. The highest BCUT2D eigenvalue weighted by Gasteiger charge is 2.28. The zero-order chi connectivity index (χ0) is 19.1. The van der Waals surface area contributed by atoms with E-state index in [1.54, 1.807) is 0 Å². The van der Waals surface area contributed by atoms with Crippen LogP contribution in [-0.4, -0.2) is 19.6 Å². The number of aryl methyl sites for hydroxylation is 1. The summed E-state index contributed by atoms with van der Waals surface area (Å²) in [6.45, 7) is 2.40. The van der Waals surface area contributed by atoms with E-state index in [0.29, 0.717) is 23.2 Å². The molecule has 0 saturated heterocycles. The van der Waals surface area contributed by atoms with Crippen LogP contribution in [0.1, 0.15) is 35.6 Å². The van der Waals surface area contributed by atoms with Crippen LogP contribution >= 0.6 is 0 Å². The Morgan fingerprint density at radius 3 is 2.75 bits per heavy atom. The first-order valence-corrected chi connectivity index (χ1v) is 9.46. The van der Waals surface area contributed by atoms with E-state index < -0.39 is 0 Å². The summed E-state index contributed by atoms with van der Waals surface area (Å²) in [5, 5.41) is 4.32. The number of H-pyrrole nitrogens is 1. The molecule has 1 aliphatic carbocycles. The van der Waals surface area contributed by atoms with Crippen LogP contribution in [0, 0.1) is 6.92 Å². The molecule has 1 aliphatic rings. The monoisotopic (exact) mass is 372 g/mol. The number of aromatic nitrogens is 4. The number of rotatable bonds is 5. The maximum absolute atomic E-state index is 12.5. The third kappa shape index (κ3) is 3.07. The highest BCUT2D eigenvalue weighted by molar-refractivity contribution is 5.56. The molecular formula is C22H20N4O2. The van der Waals surface area contributed by atoms with Crippen molar-refractivity contribution in [2.24, 2.45) is 0 Å². The lowest BCUT2D eigenvalue weighted by molar-refractivity contribution is 0.297. The zero-order valence-corrected chi connectivity index (χ0v) is 15.6. The Labute approximate surface area is 161 Å². The second kappa shape index (κ2) is 6.64. The third-order valence-corrected chi connectivity index (χ3v) is 5.07. The molecule has 1 fully saturated rings. The van der Waals surface area contributed by atoms with Crippen LogP contribution in [0.3, 0.4) is 0 Å². The highest BCUT2D eigenvalue weighted by Crippen LogP contribution is 2.45. The van der Waals surface area contributed by atoms with Crippen LogP contribution in [0.25, 0.3) is 17.2 Å². The Balaban J connectivity index is 1.44. The smallest absolute Gasteiger partial charge is 0.276 e. The Hall–Kier alpha value is -3.41. The van der Waals surface area contributed by atoms with Crippen molar-refractivity contribution in [2.45, 2.75) is 32.3 Å². The molecule has 5 rings (SSSR count). The number of hydrogen-bond acceptors (Lipinski definition) is 4. The number of aromatic amines is 1. The maximum Gasteiger partial charge on any atom is 0.276 e. The van der Waals surface area contributed by atoms with Crippen molar-refractivity contribution >= 4 is 5.78 Å². The van der Waals surface area contributed by atoms with Crippen molar-refractivity contribution < 1.29 is 4.74 Å². The number of benzene rings is 2. The molecular weight excluding hydrogens is 352 g/mol. The van der Waals surface area contributed by atoms with Gasteiger partial charge in [0.1, 0.15) is 12.4 Å². The number of nitrogens with one attached hydrogen (secondary N) is 1. The van der Waals surface area contributed by atoms with Gasteiger partial charge in [-0.15, -0.1) is 5.10 Å². The molecule has 2 heterocycles. The van der Waals surface area contributed by atoms with E-state index in [2.05, 4.69) is 28.1 Å². The summed E-state index contributed by atoms with van der Waals surface area (Å²) in [5.74, 6) is 2.43. The van der Waals surface area contributed by atoms with Gasteiger partial charge in [-0.1, -0.05) is 42.5 Å². The highest BCUT2D eigenvalue weighted by atomic mass is 16.5. The van der Waals surface area contributed by atoms with E-state index in [-0.39, 0.29) is 12.2 Å². The Morgan fingerprint density at radius 1 is 1.14 bits per heavy atom. The molecule has 1 N–H and O–H groups in total. The van der Waals surface area contributed by atoms with Crippen molar-refractivity contribution in [1.82, 2.24) is 19.6 Å². The molecule has 0 radical (unpaired) electrons. The Morgan fingerprint density at radius 2 is 1.96 bits per heavy atom. The fourth-order valence-electron chi connectivity index (χ4n) is 3.55. The van der Waals surface area contributed by atoms with Crippen LogP contribution < -0.4 is 10.3 Å². The Bertz CT molecular complexity index is 1210. The summed E-state index contributed by atoms with van der Waals surface area (Å²) in [5.41, 5.74) is 3.86. The molecule has 28 heavy (non-hydrogen) atoms. The van der Waals surface area contributed by atoms with Gasteiger partial charge in [0.05, 0.1) is 5.69 Å². The van der Waals surface area contributed by atoms with E-state index in [1.165, 1.54) is 34.6 Å². The predicted octanol–water partition coefficient (Wildman–Crippen LogP) is 3.85. The van der Waals surface area contributed by atoms with Gasteiger partial charge >= 0.3 is 0 Å². The van der Waals surface area contributed by atoms with E-state index >= 15 is 0 Å².